The van der Waals surface area contributed by atoms with Gasteiger partial charge in [-0.05, 0) is 22.0 Å². The van der Waals surface area contributed by atoms with E-state index in [9.17, 15) is 0 Å². The summed E-state index contributed by atoms with van der Waals surface area (Å²) in [7, 11) is 1.52. The Morgan fingerprint density at radius 1 is 1.64 bits per heavy atom. The Morgan fingerprint density at radius 2 is 2.29 bits per heavy atom. The zero-order valence-corrected chi connectivity index (χ0v) is 9.97. The fourth-order valence-corrected chi connectivity index (χ4v) is 1.71. The third kappa shape index (κ3) is 2.20. The second-order valence-electron chi connectivity index (χ2n) is 2.77. The fourth-order valence-electron chi connectivity index (χ4n) is 1.14. The highest BCUT2D eigenvalue weighted by Gasteiger charge is 2.15. The zero-order valence-electron chi connectivity index (χ0n) is 7.63. The molecule has 3 N–H and O–H groups in total. The van der Waals surface area contributed by atoms with Crippen molar-refractivity contribution >= 4 is 27.5 Å². The molecule has 5 heteroatoms. The van der Waals surface area contributed by atoms with Gasteiger partial charge in [-0.15, -0.1) is 0 Å². The van der Waals surface area contributed by atoms with Gasteiger partial charge in [-0.3, -0.25) is 0 Å². The highest BCUT2D eigenvalue weighted by molar-refractivity contribution is 9.10. The zero-order chi connectivity index (χ0) is 10.7. The van der Waals surface area contributed by atoms with Gasteiger partial charge in [0.1, 0.15) is 5.75 Å². The highest BCUT2D eigenvalue weighted by atomic mass is 79.9. The Hall–Kier alpha value is -0.290. The smallest absolute Gasteiger partial charge is 0.143 e. The first-order chi connectivity index (χ1) is 6.61. The van der Waals surface area contributed by atoms with Crippen LogP contribution in [-0.2, 0) is 0 Å². The monoisotopic (exact) mass is 279 g/mol. The summed E-state index contributed by atoms with van der Waals surface area (Å²) in [4.78, 5) is 0. The number of ether oxygens (including phenoxy) is 1. The van der Waals surface area contributed by atoms with Crippen molar-refractivity contribution in [2.75, 3.05) is 13.7 Å². The molecule has 78 valence electrons. The minimum absolute atomic E-state index is 0.145. The molecule has 1 atom stereocenters. The summed E-state index contributed by atoms with van der Waals surface area (Å²) in [6.45, 7) is -0.145. The van der Waals surface area contributed by atoms with Crippen LogP contribution in [-0.4, -0.2) is 18.8 Å². The Balaban J connectivity index is 3.23. The molecule has 0 aliphatic heterocycles. The predicted molar refractivity (Wildman–Crippen MR) is 59.7 cm³/mol. The molecule has 0 amide bonds. The van der Waals surface area contributed by atoms with Crippen LogP contribution in [0.1, 0.15) is 11.6 Å². The second kappa shape index (κ2) is 4.98. The quantitative estimate of drug-likeness (QED) is 0.891. The number of aliphatic hydroxyl groups is 1. The molecule has 0 bridgehead atoms. The van der Waals surface area contributed by atoms with E-state index in [0.29, 0.717) is 16.3 Å². The lowest BCUT2D eigenvalue weighted by Gasteiger charge is -2.15. The second-order valence-corrected chi connectivity index (χ2v) is 4.01. The van der Waals surface area contributed by atoms with Crippen LogP contribution in [0.4, 0.5) is 0 Å². The van der Waals surface area contributed by atoms with Crippen molar-refractivity contribution in [2.24, 2.45) is 5.73 Å². The predicted octanol–water partition coefficient (Wildman–Crippen LogP) is 2.10. The molecule has 0 fully saturated rings. The van der Waals surface area contributed by atoms with E-state index in [1.807, 2.05) is 0 Å². The number of hydrogen-bond acceptors (Lipinski definition) is 3. The van der Waals surface area contributed by atoms with Crippen LogP contribution in [0.3, 0.4) is 0 Å². The standard InChI is InChI=1S/C9H11BrClNO2/c1-14-9-5(7(12)4-13)2-3-6(10)8(9)11/h2-3,7,13H,4,12H2,1H3. The van der Waals surface area contributed by atoms with Gasteiger partial charge in [-0.25, -0.2) is 0 Å². The van der Waals surface area contributed by atoms with E-state index in [-0.39, 0.29) is 6.61 Å². The maximum absolute atomic E-state index is 8.93. The topological polar surface area (TPSA) is 55.5 Å². The first-order valence-electron chi connectivity index (χ1n) is 4.00. The van der Waals surface area contributed by atoms with Crippen LogP contribution in [0.5, 0.6) is 5.75 Å². The Labute approximate surface area is 95.9 Å². The molecule has 1 unspecified atom stereocenters. The van der Waals surface area contributed by atoms with Crippen LogP contribution in [0, 0.1) is 0 Å². The molecular weight excluding hydrogens is 269 g/mol. The van der Waals surface area contributed by atoms with Crippen LogP contribution in [0.15, 0.2) is 16.6 Å². The summed E-state index contributed by atoms with van der Waals surface area (Å²) in [5.74, 6) is 0.502. The number of hydrogen-bond donors (Lipinski definition) is 2. The number of rotatable bonds is 3. The van der Waals surface area contributed by atoms with E-state index in [1.165, 1.54) is 7.11 Å². The summed E-state index contributed by atoms with van der Waals surface area (Å²) < 4.78 is 5.87. The van der Waals surface area contributed by atoms with Gasteiger partial charge in [0, 0.05) is 10.0 Å². The van der Waals surface area contributed by atoms with Crippen molar-refractivity contribution < 1.29 is 9.84 Å². The molecule has 0 radical (unpaired) electrons. The van der Waals surface area contributed by atoms with Gasteiger partial charge in [0.2, 0.25) is 0 Å². The molecule has 0 saturated carbocycles. The van der Waals surface area contributed by atoms with Crippen LogP contribution >= 0.6 is 27.5 Å². The van der Waals surface area contributed by atoms with Gasteiger partial charge >= 0.3 is 0 Å². The summed E-state index contributed by atoms with van der Waals surface area (Å²) in [5.41, 5.74) is 6.38. The van der Waals surface area contributed by atoms with E-state index >= 15 is 0 Å². The van der Waals surface area contributed by atoms with Crippen molar-refractivity contribution in [1.29, 1.82) is 0 Å². The number of methoxy groups -OCH3 is 1. The molecule has 1 rings (SSSR count). The average Bonchev–Trinajstić information content (AvgIpc) is 2.20. The molecule has 0 aliphatic rings. The normalized spacial score (nSPS) is 12.6. The Bertz CT molecular complexity index is 333. The van der Waals surface area contributed by atoms with E-state index < -0.39 is 6.04 Å². The van der Waals surface area contributed by atoms with E-state index in [2.05, 4.69) is 15.9 Å². The van der Waals surface area contributed by atoms with Crippen LogP contribution < -0.4 is 10.5 Å². The fraction of sp³-hybridized carbons (Fsp3) is 0.333. The van der Waals surface area contributed by atoms with Gasteiger partial charge in [0.05, 0.1) is 24.8 Å². The molecule has 0 spiro atoms. The van der Waals surface area contributed by atoms with E-state index in [4.69, 9.17) is 27.2 Å². The molecule has 14 heavy (non-hydrogen) atoms. The van der Waals surface area contributed by atoms with Crippen molar-refractivity contribution in [3.8, 4) is 5.75 Å². The summed E-state index contributed by atoms with van der Waals surface area (Å²) in [5, 5.41) is 9.40. The summed E-state index contributed by atoms with van der Waals surface area (Å²) >= 11 is 9.27. The lowest BCUT2D eigenvalue weighted by molar-refractivity contribution is 0.264. The van der Waals surface area contributed by atoms with Crippen LogP contribution in [0.25, 0.3) is 0 Å². The minimum atomic E-state index is -0.476. The maximum Gasteiger partial charge on any atom is 0.143 e. The molecule has 1 aromatic rings. The van der Waals surface area contributed by atoms with Gasteiger partial charge in [0.15, 0.2) is 0 Å². The lowest BCUT2D eigenvalue weighted by atomic mass is 10.1. The van der Waals surface area contributed by atoms with Gasteiger partial charge in [-0.1, -0.05) is 17.7 Å². The molecular formula is C9H11BrClNO2. The van der Waals surface area contributed by atoms with Gasteiger partial charge in [0.25, 0.3) is 0 Å². The largest absolute Gasteiger partial charge is 0.495 e. The van der Waals surface area contributed by atoms with Crippen molar-refractivity contribution in [2.45, 2.75) is 6.04 Å². The first kappa shape index (κ1) is 11.8. The number of halogens is 2. The third-order valence-corrected chi connectivity index (χ3v) is 3.15. The SMILES string of the molecule is COc1c(C(N)CO)ccc(Br)c1Cl. The lowest BCUT2D eigenvalue weighted by Crippen LogP contribution is -2.15. The van der Waals surface area contributed by atoms with Crippen molar-refractivity contribution in [1.82, 2.24) is 0 Å². The van der Waals surface area contributed by atoms with Gasteiger partial charge < -0.3 is 15.6 Å². The third-order valence-electron chi connectivity index (χ3n) is 1.88. The number of benzene rings is 1. The van der Waals surface area contributed by atoms with E-state index in [1.54, 1.807) is 12.1 Å². The molecule has 0 aliphatic carbocycles. The molecule has 0 aromatic heterocycles. The van der Waals surface area contributed by atoms with Crippen molar-refractivity contribution in [3.05, 3.63) is 27.2 Å². The minimum Gasteiger partial charge on any atom is -0.495 e. The first-order valence-corrected chi connectivity index (χ1v) is 5.17. The summed E-state index contributed by atoms with van der Waals surface area (Å²) in [6, 6.07) is 3.07. The van der Waals surface area contributed by atoms with Crippen LogP contribution in [0.2, 0.25) is 5.02 Å². The summed E-state index contributed by atoms with van der Waals surface area (Å²) in [6.07, 6.45) is 0. The molecule has 3 nitrogen and oxygen atoms in total. The average molecular weight is 281 g/mol. The highest BCUT2D eigenvalue weighted by Crippen LogP contribution is 2.37. The molecule has 0 saturated heterocycles. The Morgan fingerprint density at radius 3 is 2.79 bits per heavy atom. The Kier molecular flexibility index (Phi) is 4.19. The van der Waals surface area contributed by atoms with E-state index in [0.717, 1.165) is 4.47 Å². The molecule has 1 aromatic carbocycles. The maximum atomic E-state index is 8.93. The number of nitrogens with two attached hydrogens (primary N) is 1. The van der Waals surface area contributed by atoms with Crippen molar-refractivity contribution in [3.63, 3.8) is 0 Å². The number of aliphatic hydroxyl groups excluding tert-OH is 1. The molecule has 0 heterocycles. The van der Waals surface area contributed by atoms with Gasteiger partial charge in [-0.2, -0.15) is 0 Å².